The minimum absolute atomic E-state index is 1.27. The highest BCUT2D eigenvalue weighted by molar-refractivity contribution is 5.02. The molecule has 0 aliphatic heterocycles. The van der Waals surface area contributed by atoms with Gasteiger partial charge in [0.05, 0.1) is 0 Å². The molecule has 1 rings (SSSR count). The molecule has 0 bridgehead atoms. The summed E-state index contributed by atoms with van der Waals surface area (Å²) in [5.41, 5.74) is 0. The van der Waals surface area contributed by atoms with E-state index < -0.39 is 0 Å². The van der Waals surface area contributed by atoms with Crippen LogP contribution >= 0.6 is 0 Å². The van der Waals surface area contributed by atoms with Crippen LogP contribution in [0.5, 0.6) is 0 Å². The van der Waals surface area contributed by atoms with E-state index in [0.29, 0.717) is 0 Å². The summed E-state index contributed by atoms with van der Waals surface area (Å²) in [6.45, 7) is 0. The number of hydrogen-bond acceptors (Lipinski definition) is 0. The number of hydrogen-bond donors (Lipinski definition) is 0. The Bertz CT molecular complexity index is 210. The van der Waals surface area contributed by atoms with Crippen LogP contribution < -0.4 is 0 Å². The first-order chi connectivity index (χ1) is 10.0. The number of rotatable bonds is 0. The molecule has 0 aromatic heterocycles. The summed E-state index contributed by atoms with van der Waals surface area (Å²) in [5.74, 6) is 0. The quantitative estimate of drug-likeness (QED) is 0.433. The van der Waals surface area contributed by atoms with Crippen LogP contribution in [0.25, 0.3) is 0 Å². The second-order valence-electron chi connectivity index (χ2n) is 6.38. The van der Waals surface area contributed by atoms with Gasteiger partial charge >= 0.3 is 0 Å². The van der Waals surface area contributed by atoms with Gasteiger partial charge in [-0.25, -0.2) is 0 Å². The molecule has 0 saturated carbocycles. The SMILES string of the molecule is C1=C/CCCCCCCCCCCCCCCC/C=C/1. The fourth-order valence-electron chi connectivity index (χ4n) is 3.00. The summed E-state index contributed by atoms with van der Waals surface area (Å²) in [4.78, 5) is 0. The van der Waals surface area contributed by atoms with Crippen LogP contribution in [0.2, 0.25) is 0 Å². The first-order valence-corrected chi connectivity index (χ1v) is 9.32. The fourth-order valence-corrected chi connectivity index (χ4v) is 3.00. The third-order valence-electron chi connectivity index (χ3n) is 4.37. The summed E-state index contributed by atoms with van der Waals surface area (Å²) in [6, 6.07) is 0. The van der Waals surface area contributed by atoms with Crippen molar-refractivity contribution in [3.05, 3.63) is 24.3 Å². The van der Waals surface area contributed by atoms with Gasteiger partial charge in [0.2, 0.25) is 0 Å². The molecule has 0 unspecified atom stereocenters. The summed E-state index contributed by atoms with van der Waals surface area (Å²) in [6.07, 6.45) is 32.0. The monoisotopic (exact) mass is 276 g/mol. The molecule has 0 N–H and O–H groups in total. The van der Waals surface area contributed by atoms with Crippen LogP contribution in [0.3, 0.4) is 0 Å². The van der Waals surface area contributed by atoms with Gasteiger partial charge in [0.15, 0.2) is 0 Å². The van der Waals surface area contributed by atoms with E-state index in [1.54, 1.807) is 0 Å². The molecular weight excluding hydrogens is 240 g/mol. The Morgan fingerprint density at radius 2 is 0.550 bits per heavy atom. The van der Waals surface area contributed by atoms with Crippen molar-refractivity contribution in [1.82, 2.24) is 0 Å². The second kappa shape index (κ2) is 14.9. The maximum Gasteiger partial charge on any atom is -0.0348 e. The minimum Gasteiger partial charge on any atom is -0.0845 e. The van der Waals surface area contributed by atoms with E-state index in [0.717, 1.165) is 0 Å². The van der Waals surface area contributed by atoms with Gasteiger partial charge in [-0.1, -0.05) is 101 Å². The Balaban J connectivity index is 2.12. The molecule has 0 heterocycles. The highest BCUT2D eigenvalue weighted by Crippen LogP contribution is 2.14. The topological polar surface area (TPSA) is 0 Å². The first-order valence-electron chi connectivity index (χ1n) is 9.32. The van der Waals surface area contributed by atoms with E-state index in [-0.39, 0.29) is 0 Å². The predicted molar refractivity (Wildman–Crippen MR) is 92.2 cm³/mol. The van der Waals surface area contributed by atoms with Crippen molar-refractivity contribution in [2.75, 3.05) is 0 Å². The van der Waals surface area contributed by atoms with Crippen molar-refractivity contribution < 1.29 is 0 Å². The maximum absolute atomic E-state index is 2.34. The summed E-state index contributed by atoms with van der Waals surface area (Å²) >= 11 is 0. The lowest BCUT2D eigenvalue weighted by molar-refractivity contribution is 0.534. The van der Waals surface area contributed by atoms with Crippen LogP contribution in [-0.2, 0) is 0 Å². The lowest BCUT2D eigenvalue weighted by atomic mass is 10.0. The molecule has 0 aromatic rings. The molecule has 1 aliphatic rings. The van der Waals surface area contributed by atoms with Crippen molar-refractivity contribution in [3.63, 3.8) is 0 Å². The third-order valence-corrected chi connectivity index (χ3v) is 4.37. The Morgan fingerprint density at radius 1 is 0.300 bits per heavy atom. The van der Waals surface area contributed by atoms with Crippen LogP contribution in [0, 0.1) is 0 Å². The van der Waals surface area contributed by atoms with Crippen LogP contribution in [0.15, 0.2) is 24.3 Å². The van der Waals surface area contributed by atoms with E-state index in [2.05, 4.69) is 24.3 Å². The van der Waals surface area contributed by atoms with E-state index >= 15 is 0 Å². The van der Waals surface area contributed by atoms with Crippen molar-refractivity contribution in [2.45, 2.75) is 103 Å². The van der Waals surface area contributed by atoms with Crippen LogP contribution in [0.4, 0.5) is 0 Å². The van der Waals surface area contributed by atoms with Crippen molar-refractivity contribution in [3.8, 4) is 0 Å². The molecule has 116 valence electrons. The Morgan fingerprint density at radius 3 is 0.850 bits per heavy atom. The molecule has 0 nitrogen and oxygen atoms in total. The summed E-state index contributed by atoms with van der Waals surface area (Å²) in [5, 5.41) is 0. The summed E-state index contributed by atoms with van der Waals surface area (Å²) in [7, 11) is 0. The average Bonchev–Trinajstić information content (AvgIpc) is 2.46. The molecule has 0 fully saturated rings. The zero-order chi connectivity index (χ0) is 14.1. The van der Waals surface area contributed by atoms with Gasteiger partial charge in [-0.3, -0.25) is 0 Å². The smallest absolute Gasteiger partial charge is 0.0348 e. The second-order valence-corrected chi connectivity index (χ2v) is 6.38. The molecule has 20 heavy (non-hydrogen) atoms. The molecule has 0 aromatic carbocycles. The molecule has 1 aliphatic carbocycles. The van der Waals surface area contributed by atoms with E-state index in [4.69, 9.17) is 0 Å². The van der Waals surface area contributed by atoms with Crippen LogP contribution in [-0.4, -0.2) is 0 Å². The van der Waals surface area contributed by atoms with Crippen molar-refractivity contribution in [1.29, 1.82) is 0 Å². The zero-order valence-electron chi connectivity index (χ0n) is 13.6. The van der Waals surface area contributed by atoms with Gasteiger partial charge < -0.3 is 0 Å². The molecule has 0 saturated heterocycles. The van der Waals surface area contributed by atoms with E-state index in [9.17, 15) is 0 Å². The van der Waals surface area contributed by atoms with Gasteiger partial charge in [-0.2, -0.15) is 0 Å². The first kappa shape index (κ1) is 17.5. The standard InChI is InChI=1S/C20H36/c1-2-4-6-8-10-12-14-16-18-20-19-17-15-13-11-9-7-5-3-1/h1-4H,5-20H2/b3-1+,4-2+. The Hall–Kier alpha value is -0.520. The molecular formula is C20H36. The van der Waals surface area contributed by atoms with Crippen molar-refractivity contribution in [2.24, 2.45) is 0 Å². The van der Waals surface area contributed by atoms with E-state index in [1.165, 1.54) is 103 Å². The number of allylic oxidation sites excluding steroid dienone is 4. The lowest BCUT2D eigenvalue weighted by Crippen LogP contribution is -1.83. The average molecular weight is 277 g/mol. The normalized spacial score (nSPS) is 25.6. The molecule has 0 amide bonds. The molecule has 0 radical (unpaired) electrons. The third kappa shape index (κ3) is 12.5. The van der Waals surface area contributed by atoms with Crippen LogP contribution in [0.1, 0.15) is 103 Å². The molecule has 0 spiro atoms. The van der Waals surface area contributed by atoms with Gasteiger partial charge in [0, 0.05) is 0 Å². The zero-order valence-corrected chi connectivity index (χ0v) is 13.6. The summed E-state index contributed by atoms with van der Waals surface area (Å²) < 4.78 is 0. The minimum atomic E-state index is 1.27. The lowest BCUT2D eigenvalue weighted by Gasteiger charge is -2.03. The van der Waals surface area contributed by atoms with Gasteiger partial charge in [-0.15, -0.1) is 0 Å². The molecule has 0 atom stereocenters. The fraction of sp³-hybridized carbons (Fsp3) is 0.800. The van der Waals surface area contributed by atoms with Gasteiger partial charge in [0.25, 0.3) is 0 Å². The molecule has 0 heteroatoms. The largest absolute Gasteiger partial charge is 0.0845 e. The highest BCUT2D eigenvalue weighted by atomic mass is 14.0. The maximum atomic E-state index is 2.34. The Labute approximate surface area is 127 Å². The Kier molecular flexibility index (Phi) is 13.0. The highest BCUT2D eigenvalue weighted by Gasteiger charge is 1.94. The predicted octanol–water partition coefficient (Wildman–Crippen LogP) is 7.35. The van der Waals surface area contributed by atoms with E-state index in [1.807, 2.05) is 0 Å². The van der Waals surface area contributed by atoms with Gasteiger partial charge in [-0.05, 0) is 25.7 Å². The van der Waals surface area contributed by atoms with Crippen molar-refractivity contribution >= 4 is 0 Å². The van der Waals surface area contributed by atoms with Gasteiger partial charge in [0.1, 0.15) is 0 Å².